The van der Waals surface area contributed by atoms with Crippen LogP contribution >= 0.6 is 11.6 Å². The first-order valence-corrected chi connectivity index (χ1v) is 9.84. The number of aliphatic hydroxyl groups is 3. The summed E-state index contributed by atoms with van der Waals surface area (Å²) >= 11 is 6.23. The first-order valence-electron chi connectivity index (χ1n) is 9.46. The quantitative estimate of drug-likeness (QED) is 0.358. The molecule has 0 spiro atoms. The molecule has 1 fully saturated rings. The summed E-state index contributed by atoms with van der Waals surface area (Å²) in [7, 11) is 0. The van der Waals surface area contributed by atoms with Crippen LogP contribution in [-0.4, -0.2) is 55.1 Å². The molecule has 0 saturated heterocycles. The van der Waals surface area contributed by atoms with Gasteiger partial charge in [-0.1, -0.05) is 36.8 Å². The molecule has 0 bridgehead atoms. The second kappa shape index (κ2) is 9.37. The number of nitrogens with one attached hydrogen (secondary N) is 1. The van der Waals surface area contributed by atoms with E-state index in [1.807, 2.05) is 12.1 Å². The molecule has 1 aliphatic carbocycles. The Morgan fingerprint density at radius 3 is 2.66 bits per heavy atom. The molecule has 0 radical (unpaired) electrons. The van der Waals surface area contributed by atoms with Crippen LogP contribution < -0.4 is 11.1 Å². The van der Waals surface area contributed by atoms with Crippen LogP contribution in [0.3, 0.4) is 0 Å². The average Bonchev–Trinajstić information content (AvgIpc) is 2.96. The summed E-state index contributed by atoms with van der Waals surface area (Å²) in [6.07, 6.45) is 1.87. The second-order valence-corrected chi connectivity index (χ2v) is 7.40. The molecule has 3 rings (SSSR count). The van der Waals surface area contributed by atoms with E-state index in [2.05, 4.69) is 39.0 Å². The zero-order chi connectivity index (χ0) is 21.0. The highest BCUT2D eigenvalue weighted by atomic mass is 35.5. The number of nitrogens with two attached hydrogens (primary N) is 1. The number of nitrogens with zero attached hydrogens (tertiary/aromatic N) is 3. The zero-order valence-electron chi connectivity index (χ0n) is 16.0. The van der Waals surface area contributed by atoms with Crippen molar-refractivity contribution >= 4 is 23.4 Å². The van der Waals surface area contributed by atoms with E-state index in [4.69, 9.17) is 17.3 Å². The van der Waals surface area contributed by atoms with Gasteiger partial charge in [0, 0.05) is 30.0 Å². The topological polar surface area (TPSA) is 137 Å². The van der Waals surface area contributed by atoms with Gasteiger partial charge in [-0.05, 0) is 25.0 Å². The maximum atomic E-state index is 10.3. The SMILES string of the molecule is CCCc1ccc(C#Cc2c(Cl)nc(N)nc2N[C@@H]2C[C@H](CO)[C@@H](O)[C@H]2O)cn1. The van der Waals surface area contributed by atoms with Gasteiger partial charge < -0.3 is 26.4 Å². The van der Waals surface area contributed by atoms with E-state index in [1.165, 1.54) is 0 Å². The lowest BCUT2D eigenvalue weighted by atomic mass is 10.1. The molecule has 0 aliphatic heterocycles. The van der Waals surface area contributed by atoms with Crippen LogP contribution in [0.15, 0.2) is 18.3 Å². The molecule has 2 aromatic rings. The number of aliphatic hydroxyl groups excluding tert-OH is 3. The minimum atomic E-state index is -1.07. The van der Waals surface area contributed by atoms with Gasteiger partial charge in [-0.25, -0.2) is 0 Å². The Kier molecular flexibility index (Phi) is 6.87. The van der Waals surface area contributed by atoms with E-state index < -0.39 is 24.2 Å². The Labute approximate surface area is 174 Å². The van der Waals surface area contributed by atoms with E-state index in [-0.39, 0.29) is 23.5 Å². The van der Waals surface area contributed by atoms with E-state index in [1.54, 1.807) is 6.20 Å². The third-order valence-corrected chi connectivity index (χ3v) is 5.18. The van der Waals surface area contributed by atoms with Gasteiger partial charge in [-0.15, -0.1) is 0 Å². The summed E-state index contributed by atoms with van der Waals surface area (Å²) in [5.41, 5.74) is 7.75. The van der Waals surface area contributed by atoms with Gasteiger partial charge in [0.1, 0.15) is 17.5 Å². The van der Waals surface area contributed by atoms with E-state index >= 15 is 0 Å². The molecule has 154 valence electrons. The molecule has 4 atom stereocenters. The Bertz CT molecular complexity index is 913. The van der Waals surface area contributed by atoms with Gasteiger partial charge in [0.2, 0.25) is 5.95 Å². The van der Waals surface area contributed by atoms with Gasteiger partial charge in [0.05, 0.1) is 12.1 Å². The summed E-state index contributed by atoms with van der Waals surface area (Å²) in [5, 5.41) is 32.8. The Morgan fingerprint density at radius 1 is 1.24 bits per heavy atom. The van der Waals surface area contributed by atoms with Crippen LogP contribution in [0.5, 0.6) is 0 Å². The summed E-state index contributed by atoms with van der Waals surface area (Å²) in [6, 6.07) is 3.27. The molecule has 1 saturated carbocycles. The molecule has 0 amide bonds. The number of aryl methyl sites for hydroxylation is 1. The number of nitrogen functional groups attached to an aromatic ring is 1. The average molecular weight is 418 g/mol. The van der Waals surface area contributed by atoms with E-state index in [0.717, 1.165) is 18.5 Å². The van der Waals surface area contributed by atoms with Crippen molar-refractivity contribution in [3.05, 3.63) is 40.3 Å². The third-order valence-electron chi connectivity index (χ3n) is 4.90. The van der Waals surface area contributed by atoms with Crippen LogP contribution in [0.1, 0.15) is 36.6 Å². The Morgan fingerprint density at radius 2 is 2.03 bits per heavy atom. The summed E-state index contributed by atoms with van der Waals surface area (Å²) in [4.78, 5) is 12.5. The fourth-order valence-electron chi connectivity index (χ4n) is 3.33. The number of pyridine rings is 1. The molecule has 6 N–H and O–H groups in total. The molecule has 29 heavy (non-hydrogen) atoms. The fourth-order valence-corrected chi connectivity index (χ4v) is 3.55. The van der Waals surface area contributed by atoms with Crippen molar-refractivity contribution < 1.29 is 15.3 Å². The molecule has 8 nitrogen and oxygen atoms in total. The highest BCUT2D eigenvalue weighted by Crippen LogP contribution is 2.30. The van der Waals surface area contributed by atoms with Gasteiger partial charge in [0.15, 0.2) is 5.15 Å². The minimum Gasteiger partial charge on any atom is -0.396 e. The summed E-state index contributed by atoms with van der Waals surface area (Å²) in [6.45, 7) is 1.87. The second-order valence-electron chi connectivity index (χ2n) is 7.04. The Balaban J connectivity index is 1.87. The molecule has 0 aromatic carbocycles. The number of hydrogen-bond acceptors (Lipinski definition) is 8. The van der Waals surface area contributed by atoms with Crippen molar-refractivity contribution in [2.75, 3.05) is 17.7 Å². The molecule has 9 heteroatoms. The van der Waals surface area contributed by atoms with Gasteiger partial charge in [-0.3, -0.25) is 4.98 Å². The maximum absolute atomic E-state index is 10.3. The largest absolute Gasteiger partial charge is 0.396 e. The van der Waals surface area contributed by atoms with Crippen molar-refractivity contribution in [3.8, 4) is 11.8 Å². The van der Waals surface area contributed by atoms with Crippen LogP contribution in [-0.2, 0) is 6.42 Å². The third kappa shape index (κ3) is 4.95. The normalized spacial score (nSPS) is 23.5. The standard InChI is InChI=1S/C20H24ClN5O3/c1-2-3-13-6-4-11(9-23-13)5-7-14-18(21)25-20(22)26-19(14)24-15-8-12(10-27)16(28)17(15)29/h4,6,9,12,15-17,27-29H,2-3,8,10H2,1H3,(H3,22,24,25,26)/t12-,15-,16-,17+/m1/s1. The van der Waals surface area contributed by atoms with E-state index in [0.29, 0.717) is 17.5 Å². The summed E-state index contributed by atoms with van der Waals surface area (Å²) in [5.74, 6) is 5.72. The van der Waals surface area contributed by atoms with Crippen molar-refractivity contribution in [2.45, 2.75) is 44.4 Å². The predicted molar refractivity (Wildman–Crippen MR) is 110 cm³/mol. The van der Waals surface area contributed by atoms with Gasteiger partial charge in [-0.2, -0.15) is 9.97 Å². The lowest BCUT2D eigenvalue weighted by Gasteiger charge is -2.19. The van der Waals surface area contributed by atoms with E-state index in [9.17, 15) is 15.3 Å². The number of anilines is 2. The van der Waals surface area contributed by atoms with Crippen molar-refractivity contribution in [1.29, 1.82) is 0 Å². The van der Waals surface area contributed by atoms with Gasteiger partial charge >= 0.3 is 0 Å². The number of halogens is 1. The van der Waals surface area contributed by atoms with Crippen LogP contribution in [0.2, 0.25) is 5.15 Å². The molecular weight excluding hydrogens is 394 g/mol. The molecule has 2 aromatic heterocycles. The highest BCUT2D eigenvalue weighted by Gasteiger charge is 2.41. The monoisotopic (exact) mass is 417 g/mol. The van der Waals surface area contributed by atoms with Gasteiger partial charge in [0.25, 0.3) is 0 Å². The first kappa shape index (κ1) is 21.3. The van der Waals surface area contributed by atoms with Crippen molar-refractivity contribution in [1.82, 2.24) is 15.0 Å². The lowest BCUT2D eigenvalue weighted by molar-refractivity contribution is 0.00445. The summed E-state index contributed by atoms with van der Waals surface area (Å²) < 4.78 is 0. The zero-order valence-corrected chi connectivity index (χ0v) is 16.8. The molecule has 2 heterocycles. The fraction of sp³-hybridized carbons (Fsp3) is 0.450. The smallest absolute Gasteiger partial charge is 0.223 e. The number of rotatable bonds is 5. The van der Waals surface area contributed by atoms with Crippen LogP contribution in [0, 0.1) is 17.8 Å². The number of aromatic nitrogens is 3. The Hall–Kier alpha value is -2.44. The predicted octanol–water partition coefficient (Wildman–Crippen LogP) is 0.974. The number of hydrogen-bond donors (Lipinski definition) is 5. The van der Waals surface area contributed by atoms with Crippen molar-refractivity contribution in [3.63, 3.8) is 0 Å². The molecule has 0 unspecified atom stereocenters. The highest BCUT2D eigenvalue weighted by molar-refractivity contribution is 6.31. The van der Waals surface area contributed by atoms with Crippen LogP contribution in [0.25, 0.3) is 0 Å². The first-order chi connectivity index (χ1) is 13.9. The van der Waals surface area contributed by atoms with Crippen LogP contribution in [0.4, 0.5) is 11.8 Å². The molecule has 1 aliphatic rings. The lowest BCUT2D eigenvalue weighted by Crippen LogP contribution is -2.35. The minimum absolute atomic E-state index is 0.0413. The molecular formula is C20H24ClN5O3. The van der Waals surface area contributed by atoms with Crippen molar-refractivity contribution in [2.24, 2.45) is 5.92 Å². The maximum Gasteiger partial charge on any atom is 0.223 e.